The third kappa shape index (κ3) is 6.36. The Morgan fingerprint density at radius 3 is 1.85 bits per heavy atom. The third-order valence-corrected chi connectivity index (χ3v) is 10.7. The second-order valence-electron chi connectivity index (χ2n) is 14.0. The van der Waals surface area contributed by atoms with Crippen LogP contribution in [0.5, 0.6) is 0 Å². The van der Waals surface area contributed by atoms with Gasteiger partial charge in [-0.1, -0.05) is 158 Å². The van der Waals surface area contributed by atoms with Crippen molar-refractivity contribution in [1.29, 1.82) is 0 Å². The molecule has 0 aliphatic heterocycles. The average molecular weight is 680 g/mol. The molecule has 53 heavy (non-hydrogen) atoms. The fraction of sp³-hybridized carbons (Fsp3) is 0.0769. The summed E-state index contributed by atoms with van der Waals surface area (Å²) >= 11 is 0. The van der Waals surface area contributed by atoms with Crippen LogP contribution in [-0.4, -0.2) is 0 Å². The quantitative estimate of drug-likeness (QED) is 0.155. The summed E-state index contributed by atoms with van der Waals surface area (Å²) in [6, 6.07) is 62.3. The fourth-order valence-corrected chi connectivity index (χ4v) is 8.13. The van der Waals surface area contributed by atoms with E-state index in [-0.39, 0.29) is 0 Å². The lowest BCUT2D eigenvalue weighted by atomic mass is 9.90. The van der Waals surface area contributed by atoms with Crippen molar-refractivity contribution in [2.24, 2.45) is 0 Å². The van der Waals surface area contributed by atoms with Gasteiger partial charge in [0.15, 0.2) is 0 Å². The van der Waals surface area contributed by atoms with Gasteiger partial charge in [-0.3, -0.25) is 0 Å². The zero-order chi connectivity index (χ0) is 35.6. The molecule has 0 heterocycles. The van der Waals surface area contributed by atoms with Crippen molar-refractivity contribution in [3.05, 3.63) is 221 Å². The molecule has 0 atom stereocenters. The Balaban J connectivity index is 1.12. The van der Waals surface area contributed by atoms with E-state index in [9.17, 15) is 0 Å². The molecule has 0 aromatic heterocycles. The van der Waals surface area contributed by atoms with Crippen molar-refractivity contribution in [3.63, 3.8) is 0 Å². The van der Waals surface area contributed by atoms with E-state index in [0.717, 1.165) is 36.3 Å². The number of allylic oxidation sites excluding steroid dienone is 4. The van der Waals surface area contributed by atoms with Gasteiger partial charge in [-0.2, -0.15) is 0 Å². The summed E-state index contributed by atoms with van der Waals surface area (Å²) in [5.74, 6) is 0. The molecule has 0 bridgehead atoms. The molecule has 0 amide bonds. The van der Waals surface area contributed by atoms with Gasteiger partial charge < -0.3 is 4.90 Å². The van der Waals surface area contributed by atoms with E-state index in [4.69, 9.17) is 0 Å². The molecular formula is C52H41N. The summed E-state index contributed by atoms with van der Waals surface area (Å²) in [5, 5.41) is 0. The van der Waals surface area contributed by atoms with E-state index < -0.39 is 0 Å². The molecule has 0 N–H and O–H groups in total. The summed E-state index contributed by atoms with van der Waals surface area (Å²) in [4.78, 5) is 2.37. The van der Waals surface area contributed by atoms with Crippen LogP contribution in [0.1, 0.15) is 41.2 Å². The maximum atomic E-state index is 2.42. The molecule has 0 saturated carbocycles. The summed E-state index contributed by atoms with van der Waals surface area (Å²) < 4.78 is 0. The fourth-order valence-electron chi connectivity index (χ4n) is 8.13. The molecule has 0 saturated heterocycles. The number of para-hydroxylation sites is 1. The van der Waals surface area contributed by atoms with Crippen LogP contribution in [0.15, 0.2) is 194 Å². The minimum atomic E-state index is 0.927. The molecular weight excluding hydrogens is 639 g/mol. The summed E-state index contributed by atoms with van der Waals surface area (Å²) in [6.45, 7) is 2.11. The van der Waals surface area contributed by atoms with Crippen LogP contribution in [0.3, 0.4) is 0 Å². The smallest absolute Gasteiger partial charge is 0.0468 e. The minimum absolute atomic E-state index is 0.927. The number of fused-ring (bicyclic) bond motifs is 2. The van der Waals surface area contributed by atoms with Crippen LogP contribution < -0.4 is 4.90 Å². The van der Waals surface area contributed by atoms with Gasteiger partial charge >= 0.3 is 0 Å². The van der Waals surface area contributed by atoms with Crippen LogP contribution >= 0.6 is 0 Å². The molecule has 2 aliphatic carbocycles. The number of hydrogen-bond donors (Lipinski definition) is 0. The number of hydrogen-bond acceptors (Lipinski definition) is 1. The largest absolute Gasteiger partial charge is 0.310 e. The summed E-state index contributed by atoms with van der Waals surface area (Å²) in [5.41, 5.74) is 20.2. The predicted molar refractivity (Wildman–Crippen MR) is 226 cm³/mol. The van der Waals surface area contributed by atoms with Crippen LogP contribution in [0.25, 0.3) is 45.0 Å². The van der Waals surface area contributed by atoms with Crippen molar-refractivity contribution in [3.8, 4) is 33.4 Å². The molecule has 254 valence electrons. The Kier molecular flexibility index (Phi) is 8.75. The van der Waals surface area contributed by atoms with Crippen molar-refractivity contribution in [2.75, 3.05) is 4.90 Å². The lowest BCUT2D eigenvalue weighted by Gasteiger charge is -2.27. The predicted octanol–water partition coefficient (Wildman–Crippen LogP) is 14.1. The van der Waals surface area contributed by atoms with Crippen LogP contribution in [0.2, 0.25) is 0 Å². The van der Waals surface area contributed by atoms with Gasteiger partial charge in [-0.25, -0.2) is 0 Å². The molecule has 2 aliphatic rings. The molecule has 0 unspecified atom stereocenters. The Bertz CT molecular complexity index is 2500. The Labute approximate surface area is 313 Å². The Morgan fingerprint density at radius 2 is 1.09 bits per heavy atom. The van der Waals surface area contributed by atoms with Crippen molar-refractivity contribution in [1.82, 2.24) is 0 Å². The minimum Gasteiger partial charge on any atom is -0.310 e. The zero-order valence-electron chi connectivity index (χ0n) is 30.0. The molecule has 0 spiro atoms. The Morgan fingerprint density at radius 1 is 0.472 bits per heavy atom. The molecule has 0 fully saturated rings. The average Bonchev–Trinajstić information content (AvgIpc) is 3.59. The second kappa shape index (κ2) is 14.3. The highest BCUT2D eigenvalue weighted by Gasteiger charge is 2.23. The first kappa shape index (κ1) is 32.5. The number of benzene rings is 7. The number of nitrogens with zero attached hydrogens (tertiary/aromatic N) is 1. The van der Waals surface area contributed by atoms with E-state index in [1.165, 1.54) is 72.3 Å². The van der Waals surface area contributed by atoms with Gasteiger partial charge in [-0.15, -0.1) is 0 Å². The first-order chi connectivity index (χ1) is 26.2. The standard InChI is InChI=1S/C52H41N/c1-2-14-44-35-45-34-43(27-31-50(45)52(44)40-18-8-4-9-19-40)49-32-30-48(36-51(49)39-16-6-3-7-17-39)53(46-21-10-5-11-22-46)47-28-25-38(26-29-47)42-24-23-37-15-12-13-20-41(37)33-42/h2-12,14-19,21-34,36H,13,20,35H2,1H3/b14-2-. The molecule has 1 nitrogen and oxygen atoms in total. The van der Waals surface area contributed by atoms with E-state index in [1.807, 2.05) is 0 Å². The van der Waals surface area contributed by atoms with E-state index >= 15 is 0 Å². The number of aryl methyl sites for hydroxylation is 1. The van der Waals surface area contributed by atoms with Crippen LogP contribution in [-0.2, 0) is 12.8 Å². The van der Waals surface area contributed by atoms with E-state index in [0.29, 0.717) is 0 Å². The topological polar surface area (TPSA) is 3.24 Å². The summed E-state index contributed by atoms with van der Waals surface area (Å²) in [6.07, 6.45) is 12.1. The van der Waals surface area contributed by atoms with Crippen molar-refractivity contribution in [2.45, 2.75) is 26.2 Å². The first-order valence-corrected chi connectivity index (χ1v) is 18.7. The number of anilines is 3. The lowest BCUT2D eigenvalue weighted by Crippen LogP contribution is -2.10. The van der Waals surface area contributed by atoms with Gasteiger partial charge in [0.25, 0.3) is 0 Å². The normalized spacial score (nSPS) is 13.3. The second-order valence-corrected chi connectivity index (χ2v) is 14.0. The number of rotatable bonds is 8. The van der Waals surface area contributed by atoms with Crippen LogP contribution in [0, 0.1) is 0 Å². The maximum Gasteiger partial charge on any atom is 0.0468 e. The van der Waals surface area contributed by atoms with Gasteiger partial charge in [0.2, 0.25) is 0 Å². The van der Waals surface area contributed by atoms with E-state index in [1.54, 1.807) is 0 Å². The van der Waals surface area contributed by atoms with Gasteiger partial charge in [0.1, 0.15) is 0 Å². The SMILES string of the molecule is C/C=C\C1=C(c2ccccc2)c2ccc(-c3ccc(N(c4ccccc4)c4ccc(-c5ccc6c(c5)CCC=C6)cc4)cc3-c3ccccc3)cc2C1. The molecule has 7 aromatic carbocycles. The Hall–Kier alpha value is -6.44. The van der Waals surface area contributed by atoms with Crippen molar-refractivity contribution < 1.29 is 0 Å². The zero-order valence-corrected chi connectivity index (χ0v) is 30.0. The summed E-state index contributed by atoms with van der Waals surface area (Å²) in [7, 11) is 0. The maximum absolute atomic E-state index is 2.42. The monoisotopic (exact) mass is 679 g/mol. The van der Waals surface area contributed by atoms with Gasteiger partial charge in [0, 0.05) is 17.1 Å². The molecule has 9 rings (SSSR count). The van der Waals surface area contributed by atoms with Crippen molar-refractivity contribution >= 4 is 28.7 Å². The van der Waals surface area contributed by atoms with Gasteiger partial charge in [-0.05, 0) is 135 Å². The van der Waals surface area contributed by atoms with E-state index in [2.05, 4.69) is 206 Å². The highest BCUT2D eigenvalue weighted by atomic mass is 15.1. The highest BCUT2D eigenvalue weighted by Crippen LogP contribution is 2.44. The van der Waals surface area contributed by atoms with Crippen LogP contribution in [0.4, 0.5) is 17.1 Å². The molecule has 0 radical (unpaired) electrons. The lowest BCUT2D eigenvalue weighted by molar-refractivity contribution is 0.986. The molecule has 1 heteroatoms. The third-order valence-electron chi connectivity index (χ3n) is 10.7. The molecule has 7 aromatic rings. The first-order valence-electron chi connectivity index (χ1n) is 18.7. The highest BCUT2D eigenvalue weighted by molar-refractivity contribution is 5.93. The van der Waals surface area contributed by atoms with Gasteiger partial charge in [0.05, 0.1) is 0 Å².